The van der Waals surface area contributed by atoms with E-state index in [1.807, 2.05) is 43.4 Å². The Balaban J connectivity index is 1.44. The number of carbonyl (C=O) groups is 2. The fraction of sp³-hybridized carbons (Fsp3) is 0.536. The highest BCUT2D eigenvalue weighted by atomic mass is 16.2. The van der Waals surface area contributed by atoms with Gasteiger partial charge in [-0.15, -0.1) is 0 Å². The van der Waals surface area contributed by atoms with E-state index in [0.29, 0.717) is 30.7 Å². The van der Waals surface area contributed by atoms with E-state index in [1.54, 1.807) is 11.1 Å². The Morgan fingerprint density at radius 3 is 2.52 bits per heavy atom. The molecule has 3 atom stereocenters. The number of hydrogen-bond donors (Lipinski definition) is 0. The molecule has 2 amide bonds. The fourth-order valence-electron chi connectivity index (χ4n) is 6.60. The van der Waals surface area contributed by atoms with Crippen LogP contribution in [-0.4, -0.2) is 53.8 Å². The molecule has 2 aliphatic carbocycles. The summed E-state index contributed by atoms with van der Waals surface area (Å²) in [6.45, 7) is 1.31. The zero-order valence-electron chi connectivity index (χ0n) is 19.9. The summed E-state index contributed by atoms with van der Waals surface area (Å²) in [5, 5.41) is 0. The van der Waals surface area contributed by atoms with Crippen LogP contribution >= 0.6 is 0 Å². The quantitative estimate of drug-likeness (QED) is 0.684. The Labute approximate surface area is 197 Å². The van der Waals surface area contributed by atoms with Crippen molar-refractivity contribution >= 4 is 11.8 Å². The van der Waals surface area contributed by atoms with E-state index in [4.69, 9.17) is 0 Å². The first-order valence-corrected chi connectivity index (χ1v) is 12.5. The third-order valence-electron chi connectivity index (χ3n) is 8.21. The van der Waals surface area contributed by atoms with Gasteiger partial charge in [0.1, 0.15) is 0 Å². The van der Waals surface area contributed by atoms with Gasteiger partial charge in [0.25, 0.3) is 0 Å². The number of nitrogens with zero attached hydrogens (tertiary/aromatic N) is 3. The average Bonchev–Trinajstić information content (AvgIpc) is 3.58. The van der Waals surface area contributed by atoms with E-state index in [1.165, 1.54) is 25.7 Å². The van der Waals surface area contributed by atoms with Crippen molar-refractivity contribution < 1.29 is 9.59 Å². The maximum absolute atomic E-state index is 13.7. The molecule has 1 aromatic carbocycles. The Bertz CT molecular complexity index is 1010. The van der Waals surface area contributed by atoms with Crippen LogP contribution in [0.5, 0.6) is 0 Å². The molecule has 3 aliphatic rings. The number of hydrogen-bond acceptors (Lipinski definition) is 3. The van der Waals surface area contributed by atoms with E-state index >= 15 is 0 Å². The number of fused-ring (bicyclic) bond motifs is 1. The van der Waals surface area contributed by atoms with Crippen LogP contribution in [0.4, 0.5) is 0 Å². The first kappa shape index (κ1) is 22.1. The summed E-state index contributed by atoms with van der Waals surface area (Å²) < 4.78 is 0. The zero-order chi connectivity index (χ0) is 23.0. The SMILES string of the molecule is CN(C)C(=O)C1(Cc2ccccc2-c2cccnc2)CCCN(C(=O)C2C3CCCCC32)C1. The van der Waals surface area contributed by atoms with Crippen molar-refractivity contribution in [2.75, 3.05) is 27.2 Å². The van der Waals surface area contributed by atoms with Gasteiger partial charge in [0.15, 0.2) is 0 Å². The first-order valence-electron chi connectivity index (χ1n) is 12.5. The minimum Gasteiger partial charge on any atom is -0.348 e. The van der Waals surface area contributed by atoms with E-state index in [2.05, 4.69) is 23.2 Å². The fourth-order valence-corrected chi connectivity index (χ4v) is 6.60. The largest absolute Gasteiger partial charge is 0.348 e. The molecular formula is C28H35N3O2. The number of likely N-dealkylation sites (tertiary alicyclic amines) is 1. The molecule has 5 nitrogen and oxygen atoms in total. The molecule has 2 heterocycles. The van der Waals surface area contributed by atoms with Crippen LogP contribution in [0.15, 0.2) is 48.8 Å². The predicted molar refractivity (Wildman–Crippen MR) is 129 cm³/mol. The smallest absolute Gasteiger partial charge is 0.230 e. The number of rotatable bonds is 5. The lowest BCUT2D eigenvalue weighted by atomic mass is 9.72. The molecule has 1 aromatic heterocycles. The van der Waals surface area contributed by atoms with Gasteiger partial charge in [0, 0.05) is 51.1 Å². The Morgan fingerprint density at radius 2 is 1.82 bits per heavy atom. The molecule has 3 unspecified atom stereocenters. The second-order valence-electron chi connectivity index (χ2n) is 10.6. The summed E-state index contributed by atoms with van der Waals surface area (Å²) in [6, 6.07) is 12.3. The van der Waals surface area contributed by atoms with Crippen molar-refractivity contribution in [2.45, 2.75) is 44.9 Å². The average molecular weight is 446 g/mol. The Morgan fingerprint density at radius 1 is 1.06 bits per heavy atom. The number of amides is 2. The van der Waals surface area contributed by atoms with E-state index in [0.717, 1.165) is 36.1 Å². The Hall–Kier alpha value is -2.69. The van der Waals surface area contributed by atoms with Crippen LogP contribution < -0.4 is 0 Å². The normalized spacial score (nSPS) is 28.7. The highest BCUT2D eigenvalue weighted by Gasteiger charge is 2.57. The molecule has 0 N–H and O–H groups in total. The molecule has 0 radical (unpaired) electrons. The maximum atomic E-state index is 13.7. The van der Waals surface area contributed by atoms with Gasteiger partial charge in [0.05, 0.1) is 5.41 Å². The number of piperidine rings is 1. The molecule has 33 heavy (non-hydrogen) atoms. The van der Waals surface area contributed by atoms with Gasteiger partial charge in [0.2, 0.25) is 11.8 Å². The van der Waals surface area contributed by atoms with Gasteiger partial charge >= 0.3 is 0 Å². The molecular weight excluding hydrogens is 410 g/mol. The molecule has 1 aliphatic heterocycles. The molecule has 0 spiro atoms. The molecule has 5 heteroatoms. The zero-order valence-corrected chi connectivity index (χ0v) is 19.9. The first-order chi connectivity index (χ1) is 16.0. The van der Waals surface area contributed by atoms with Crippen LogP contribution in [0.2, 0.25) is 0 Å². The minimum atomic E-state index is -0.588. The molecule has 3 fully saturated rings. The number of aromatic nitrogens is 1. The third-order valence-corrected chi connectivity index (χ3v) is 8.21. The number of carbonyl (C=O) groups excluding carboxylic acids is 2. The predicted octanol–water partition coefficient (Wildman–Crippen LogP) is 4.42. The van der Waals surface area contributed by atoms with Gasteiger partial charge in [-0.05, 0) is 61.1 Å². The molecule has 5 rings (SSSR count). The summed E-state index contributed by atoms with van der Waals surface area (Å²) in [7, 11) is 3.68. The van der Waals surface area contributed by atoms with Crippen molar-refractivity contribution in [1.82, 2.24) is 14.8 Å². The lowest BCUT2D eigenvalue weighted by Gasteiger charge is -2.43. The van der Waals surface area contributed by atoms with E-state index in [-0.39, 0.29) is 11.8 Å². The molecule has 2 aromatic rings. The molecule has 0 bridgehead atoms. The topological polar surface area (TPSA) is 53.5 Å². The van der Waals surface area contributed by atoms with E-state index < -0.39 is 5.41 Å². The lowest BCUT2D eigenvalue weighted by Crippen LogP contribution is -2.54. The van der Waals surface area contributed by atoms with Crippen LogP contribution in [0.25, 0.3) is 11.1 Å². The van der Waals surface area contributed by atoms with Crippen LogP contribution in [0, 0.1) is 23.2 Å². The van der Waals surface area contributed by atoms with Gasteiger partial charge in [-0.1, -0.05) is 43.2 Å². The summed E-state index contributed by atoms with van der Waals surface area (Å²) in [5.41, 5.74) is 2.74. The maximum Gasteiger partial charge on any atom is 0.230 e. The number of benzene rings is 1. The second-order valence-corrected chi connectivity index (χ2v) is 10.6. The van der Waals surface area contributed by atoms with Crippen molar-refractivity contribution in [3.63, 3.8) is 0 Å². The summed E-state index contributed by atoms with van der Waals surface area (Å²) in [4.78, 5) is 35.3. The second kappa shape index (κ2) is 8.92. The standard InChI is InChI=1S/C28H35N3O2/c1-30(2)27(33)28(17-20-9-3-4-11-22(20)21-10-7-15-29-18-21)14-8-16-31(19-28)26(32)25-23-12-5-6-13-24(23)25/h3-4,7,9-11,15,18,23-25H,5-6,8,12-14,16-17,19H2,1-2H3. The van der Waals surface area contributed by atoms with Gasteiger partial charge < -0.3 is 9.80 Å². The van der Waals surface area contributed by atoms with Gasteiger partial charge in [-0.25, -0.2) is 0 Å². The van der Waals surface area contributed by atoms with Crippen molar-refractivity contribution in [1.29, 1.82) is 0 Å². The molecule has 1 saturated heterocycles. The van der Waals surface area contributed by atoms with E-state index in [9.17, 15) is 9.59 Å². The molecule has 174 valence electrons. The van der Waals surface area contributed by atoms with Crippen molar-refractivity contribution in [3.8, 4) is 11.1 Å². The highest BCUT2D eigenvalue weighted by Crippen LogP contribution is 2.56. The summed E-state index contributed by atoms with van der Waals surface area (Å²) >= 11 is 0. The van der Waals surface area contributed by atoms with Crippen molar-refractivity contribution in [2.24, 2.45) is 23.2 Å². The van der Waals surface area contributed by atoms with Crippen molar-refractivity contribution in [3.05, 3.63) is 54.4 Å². The van der Waals surface area contributed by atoms with Crippen LogP contribution in [-0.2, 0) is 16.0 Å². The lowest BCUT2D eigenvalue weighted by molar-refractivity contribution is -0.148. The Kier molecular flexibility index (Phi) is 5.98. The molecule has 2 saturated carbocycles. The minimum absolute atomic E-state index is 0.134. The van der Waals surface area contributed by atoms with Crippen LogP contribution in [0.3, 0.4) is 0 Å². The monoisotopic (exact) mass is 445 g/mol. The van der Waals surface area contributed by atoms with Gasteiger partial charge in [-0.3, -0.25) is 14.6 Å². The number of pyridine rings is 1. The summed E-state index contributed by atoms with van der Waals surface area (Å²) in [5.74, 6) is 1.84. The van der Waals surface area contributed by atoms with Crippen LogP contribution in [0.1, 0.15) is 44.1 Å². The van der Waals surface area contributed by atoms with Gasteiger partial charge in [-0.2, -0.15) is 0 Å². The highest BCUT2D eigenvalue weighted by molar-refractivity contribution is 5.87. The summed E-state index contributed by atoms with van der Waals surface area (Å²) in [6.07, 6.45) is 10.9. The third kappa shape index (κ3) is 4.18.